The summed E-state index contributed by atoms with van der Waals surface area (Å²) in [7, 11) is 0. The quantitative estimate of drug-likeness (QED) is 0.577. The second kappa shape index (κ2) is 7.37. The van der Waals surface area contributed by atoms with Gasteiger partial charge in [-0.3, -0.25) is 4.79 Å². The molecule has 0 atom stereocenters. The van der Waals surface area contributed by atoms with Crippen molar-refractivity contribution in [1.29, 1.82) is 0 Å². The maximum Gasteiger partial charge on any atom is 0.277 e. The van der Waals surface area contributed by atoms with Gasteiger partial charge in [0.2, 0.25) is 0 Å². The first-order chi connectivity index (χ1) is 11.7. The normalized spacial score (nSPS) is 10.9. The number of hydrogen-bond donors (Lipinski definition) is 1. The van der Waals surface area contributed by atoms with Gasteiger partial charge in [-0.05, 0) is 40.6 Å². The summed E-state index contributed by atoms with van der Waals surface area (Å²) in [5, 5.41) is 5.96. The Morgan fingerprint density at radius 2 is 1.79 bits per heavy atom. The molecule has 0 saturated heterocycles. The van der Waals surface area contributed by atoms with Crippen LogP contribution in [0.2, 0.25) is 0 Å². The molecule has 1 N–H and O–H groups in total. The van der Waals surface area contributed by atoms with Gasteiger partial charge in [0.05, 0.1) is 6.21 Å². The van der Waals surface area contributed by atoms with Crippen molar-refractivity contribution in [3.63, 3.8) is 0 Å². The summed E-state index contributed by atoms with van der Waals surface area (Å²) < 4.78 is 18.2. The van der Waals surface area contributed by atoms with Crippen LogP contribution in [-0.4, -0.2) is 18.7 Å². The van der Waals surface area contributed by atoms with Crippen molar-refractivity contribution in [2.75, 3.05) is 6.61 Å². The number of rotatable bonds is 5. The summed E-state index contributed by atoms with van der Waals surface area (Å²) in [5.41, 5.74) is 3.05. The number of nitrogens with one attached hydrogen (secondary N) is 1. The minimum absolute atomic E-state index is 0.140. The van der Waals surface area contributed by atoms with E-state index >= 15 is 0 Å². The van der Waals surface area contributed by atoms with E-state index in [1.165, 1.54) is 18.3 Å². The van der Waals surface area contributed by atoms with Crippen LogP contribution >= 0.6 is 0 Å². The maximum absolute atomic E-state index is 12.8. The van der Waals surface area contributed by atoms with E-state index in [0.29, 0.717) is 11.3 Å². The number of nitrogens with zero attached hydrogens (tertiary/aromatic N) is 1. The molecule has 0 radical (unpaired) electrons. The SMILES string of the molecule is O=C(COc1ccc2ccccc2c1)N/N=C\c1ccc(F)cc1. The number of carbonyl (C=O) groups is 1. The van der Waals surface area contributed by atoms with Crippen LogP contribution in [0.3, 0.4) is 0 Å². The van der Waals surface area contributed by atoms with E-state index in [1.54, 1.807) is 12.1 Å². The van der Waals surface area contributed by atoms with Crippen molar-refractivity contribution in [2.24, 2.45) is 5.10 Å². The Bertz CT molecular complexity index is 876. The Morgan fingerprint density at radius 1 is 1.04 bits per heavy atom. The Balaban J connectivity index is 1.52. The van der Waals surface area contributed by atoms with Crippen LogP contribution < -0.4 is 10.2 Å². The summed E-state index contributed by atoms with van der Waals surface area (Å²) in [5.74, 6) is -0.0761. The zero-order valence-corrected chi connectivity index (χ0v) is 12.8. The highest BCUT2D eigenvalue weighted by Gasteiger charge is 2.02. The fourth-order valence-electron chi connectivity index (χ4n) is 2.17. The lowest BCUT2D eigenvalue weighted by Gasteiger charge is -2.06. The molecule has 5 heteroatoms. The van der Waals surface area contributed by atoms with E-state index in [-0.39, 0.29) is 18.3 Å². The van der Waals surface area contributed by atoms with E-state index in [9.17, 15) is 9.18 Å². The van der Waals surface area contributed by atoms with Gasteiger partial charge in [-0.2, -0.15) is 5.10 Å². The first kappa shape index (κ1) is 15.7. The number of halogens is 1. The summed E-state index contributed by atoms with van der Waals surface area (Å²) in [4.78, 5) is 11.7. The van der Waals surface area contributed by atoms with Gasteiger partial charge in [0.15, 0.2) is 6.61 Å². The highest BCUT2D eigenvalue weighted by Crippen LogP contribution is 2.20. The van der Waals surface area contributed by atoms with Crippen molar-refractivity contribution >= 4 is 22.9 Å². The van der Waals surface area contributed by atoms with Crippen LogP contribution in [0.5, 0.6) is 5.75 Å². The molecule has 1 amide bonds. The molecule has 3 aromatic rings. The summed E-state index contributed by atoms with van der Waals surface area (Å²) in [6, 6.07) is 19.3. The number of amides is 1. The molecule has 0 heterocycles. The summed E-state index contributed by atoms with van der Waals surface area (Å²) in [6.07, 6.45) is 1.44. The number of hydrogen-bond acceptors (Lipinski definition) is 3. The third-order valence-electron chi connectivity index (χ3n) is 3.36. The molecule has 24 heavy (non-hydrogen) atoms. The lowest BCUT2D eigenvalue weighted by Crippen LogP contribution is -2.24. The van der Waals surface area contributed by atoms with E-state index in [4.69, 9.17) is 4.74 Å². The molecular formula is C19H15FN2O2. The van der Waals surface area contributed by atoms with Gasteiger partial charge >= 0.3 is 0 Å². The molecular weight excluding hydrogens is 307 g/mol. The van der Waals surface area contributed by atoms with Crippen molar-refractivity contribution < 1.29 is 13.9 Å². The van der Waals surface area contributed by atoms with Crippen LogP contribution in [0.25, 0.3) is 10.8 Å². The largest absolute Gasteiger partial charge is 0.484 e. The third kappa shape index (κ3) is 4.16. The molecule has 3 aromatic carbocycles. The smallest absolute Gasteiger partial charge is 0.277 e. The average molecular weight is 322 g/mol. The number of carbonyl (C=O) groups excluding carboxylic acids is 1. The molecule has 0 aromatic heterocycles. The summed E-state index contributed by atoms with van der Waals surface area (Å²) >= 11 is 0. The topological polar surface area (TPSA) is 50.7 Å². The molecule has 0 aliphatic carbocycles. The maximum atomic E-state index is 12.8. The first-order valence-electron chi connectivity index (χ1n) is 7.40. The molecule has 0 bridgehead atoms. The molecule has 0 aliphatic heterocycles. The molecule has 3 rings (SSSR count). The Hall–Kier alpha value is -3.21. The van der Waals surface area contributed by atoms with Gasteiger partial charge in [0.25, 0.3) is 5.91 Å². The first-order valence-corrected chi connectivity index (χ1v) is 7.40. The lowest BCUT2D eigenvalue weighted by atomic mass is 10.1. The minimum Gasteiger partial charge on any atom is -0.484 e. The molecule has 0 fully saturated rings. The fourth-order valence-corrected chi connectivity index (χ4v) is 2.17. The molecule has 0 saturated carbocycles. The highest BCUT2D eigenvalue weighted by molar-refractivity contribution is 5.84. The second-order valence-corrected chi connectivity index (χ2v) is 5.14. The van der Waals surface area contributed by atoms with Crippen LogP contribution in [0, 0.1) is 5.82 Å². The van der Waals surface area contributed by atoms with Crippen molar-refractivity contribution in [1.82, 2.24) is 5.43 Å². The monoisotopic (exact) mass is 322 g/mol. The molecule has 0 unspecified atom stereocenters. The second-order valence-electron chi connectivity index (χ2n) is 5.14. The Kier molecular flexibility index (Phi) is 4.81. The van der Waals surface area contributed by atoms with Gasteiger partial charge in [0.1, 0.15) is 11.6 Å². The molecule has 0 aliphatic rings. The van der Waals surface area contributed by atoms with Crippen LogP contribution in [0.15, 0.2) is 71.8 Å². The molecule has 120 valence electrons. The van der Waals surface area contributed by atoms with Crippen molar-refractivity contribution in [3.05, 3.63) is 78.1 Å². The van der Waals surface area contributed by atoms with Crippen molar-refractivity contribution in [3.8, 4) is 5.75 Å². The van der Waals surface area contributed by atoms with Gasteiger partial charge in [-0.1, -0.05) is 42.5 Å². The fraction of sp³-hybridized carbons (Fsp3) is 0.0526. The van der Waals surface area contributed by atoms with Crippen molar-refractivity contribution in [2.45, 2.75) is 0 Å². The number of hydrazone groups is 1. The number of fused-ring (bicyclic) bond motifs is 1. The van der Waals surface area contributed by atoms with Gasteiger partial charge < -0.3 is 4.74 Å². The van der Waals surface area contributed by atoms with Gasteiger partial charge in [-0.15, -0.1) is 0 Å². The third-order valence-corrected chi connectivity index (χ3v) is 3.36. The number of benzene rings is 3. The van der Waals surface area contributed by atoms with E-state index in [1.807, 2.05) is 42.5 Å². The Morgan fingerprint density at radius 3 is 2.58 bits per heavy atom. The molecule has 4 nitrogen and oxygen atoms in total. The Labute approximate surface area is 138 Å². The van der Waals surface area contributed by atoms with E-state index in [2.05, 4.69) is 10.5 Å². The lowest BCUT2D eigenvalue weighted by molar-refractivity contribution is -0.123. The molecule has 0 spiro atoms. The van der Waals surface area contributed by atoms with Crippen LogP contribution in [0.4, 0.5) is 4.39 Å². The zero-order chi connectivity index (χ0) is 16.8. The van der Waals surface area contributed by atoms with Crippen LogP contribution in [0.1, 0.15) is 5.56 Å². The highest BCUT2D eigenvalue weighted by atomic mass is 19.1. The van der Waals surface area contributed by atoms with Gasteiger partial charge in [0, 0.05) is 0 Å². The van der Waals surface area contributed by atoms with E-state index < -0.39 is 0 Å². The predicted molar refractivity (Wildman–Crippen MR) is 91.6 cm³/mol. The minimum atomic E-state index is -0.374. The standard InChI is InChI=1S/C19H15FN2O2/c20-17-8-5-14(6-9-17)12-21-22-19(23)13-24-18-10-7-15-3-1-2-4-16(15)11-18/h1-12H,13H2,(H,22,23)/b21-12-. The van der Waals surface area contributed by atoms with E-state index in [0.717, 1.165) is 10.8 Å². The average Bonchev–Trinajstić information content (AvgIpc) is 2.61. The zero-order valence-electron chi connectivity index (χ0n) is 12.8. The predicted octanol–water partition coefficient (Wildman–Crippen LogP) is 3.51. The van der Waals surface area contributed by atoms with Crippen LogP contribution in [-0.2, 0) is 4.79 Å². The van der Waals surface area contributed by atoms with Gasteiger partial charge in [-0.25, -0.2) is 9.82 Å². The summed E-state index contributed by atoms with van der Waals surface area (Å²) in [6.45, 7) is -0.140. The number of ether oxygens (including phenoxy) is 1.